The standard InChI is InChI=1S/C20H22FN3O4/c1-24(13-19(26)23-17-9-7-16(21)8-10-17)12-18(25)22-11-14-3-5-15(6-4-14)20(27)28-2/h3-10H,11-13H2,1-2H3,(H,22,25)(H,23,26)/p+1. The highest BCUT2D eigenvalue weighted by molar-refractivity contribution is 5.91. The normalized spacial score (nSPS) is 11.4. The number of esters is 1. The van der Waals surface area contributed by atoms with Crippen molar-refractivity contribution in [2.24, 2.45) is 0 Å². The lowest BCUT2D eigenvalue weighted by atomic mass is 10.1. The van der Waals surface area contributed by atoms with E-state index in [9.17, 15) is 18.8 Å². The van der Waals surface area contributed by atoms with Gasteiger partial charge < -0.3 is 20.3 Å². The zero-order chi connectivity index (χ0) is 20.5. The average Bonchev–Trinajstić information content (AvgIpc) is 2.67. The number of likely N-dealkylation sites (N-methyl/N-ethyl adjacent to an activating group) is 1. The largest absolute Gasteiger partial charge is 0.465 e. The van der Waals surface area contributed by atoms with Crippen LogP contribution in [0.3, 0.4) is 0 Å². The maximum Gasteiger partial charge on any atom is 0.337 e. The Morgan fingerprint density at radius 3 is 2.18 bits per heavy atom. The molecule has 2 rings (SSSR count). The SMILES string of the molecule is COC(=O)c1ccc(CNC(=O)C[NH+](C)CC(=O)Nc2ccc(F)cc2)cc1. The van der Waals surface area contributed by atoms with Crippen molar-refractivity contribution >= 4 is 23.5 Å². The monoisotopic (exact) mass is 388 g/mol. The van der Waals surface area contributed by atoms with Crippen molar-refractivity contribution in [1.82, 2.24) is 5.32 Å². The van der Waals surface area contributed by atoms with Crippen LogP contribution in [0.1, 0.15) is 15.9 Å². The molecule has 148 valence electrons. The maximum absolute atomic E-state index is 12.9. The van der Waals surface area contributed by atoms with Crippen molar-refractivity contribution in [2.45, 2.75) is 6.54 Å². The summed E-state index contributed by atoms with van der Waals surface area (Å²) in [6.07, 6.45) is 0. The Bertz CT molecular complexity index is 822. The maximum atomic E-state index is 12.9. The number of nitrogens with one attached hydrogen (secondary N) is 3. The van der Waals surface area contributed by atoms with Crippen molar-refractivity contribution in [3.63, 3.8) is 0 Å². The van der Waals surface area contributed by atoms with Crippen LogP contribution >= 0.6 is 0 Å². The lowest BCUT2D eigenvalue weighted by Crippen LogP contribution is -3.11. The van der Waals surface area contributed by atoms with E-state index in [1.54, 1.807) is 31.3 Å². The first-order chi connectivity index (χ1) is 13.4. The predicted molar refractivity (Wildman–Crippen MR) is 101 cm³/mol. The topological polar surface area (TPSA) is 88.9 Å². The van der Waals surface area contributed by atoms with Crippen LogP contribution in [-0.4, -0.2) is 45.0 Å². The van der Waals surface area contributed by atoms with Gasteiger partial charge in [-0.15, -0.1) is 0 Å². The van der Waals surface area contributed by atoms with Crippen LogP contribution in [0.4, 0.5) is 10.1 Å². The third-order valence-electron chi connectivity index (χ3n) is 3.92. The fourth-order valence-electron chi connectivity index (χ4n) is 2.49. The number of methoxy groups -OCH3 is 1. The van der Waals surface area contributed by atoms with Gasteiger partial charge in [-0.3, -0.25) is 9.59 Å². The van der Waals surface area contributed by atoms with Gasteiger partial charge in [0.15, 0.2) is 13.1 Å². The van der Waals surface area contributed by atoms with Gasteiger partial charge in [-0.2, -0.15) is 0 Å². The zero-order valence-corrected chi connectivity index (χ0v) is 15.8. The molecule has 7 nitrogen and oxygen atoms in total. The summed E-state index contributed by atoms with van der Waals surface area (Å²) in [6.45, 7) is 0.533. The Labute approximate surface area is 162 Å². The smallest absolute Gasteiger partial charge is 0.337 e. The number of anilines is 1. The molecule has 0 spiro atoms. The van der Waals surface area contributed by atoms with Gasteiger partial charge in [0.1, 0.15) is 5.82 Å². The molecule has 0 saturated heterocycles. The van der Waals surface area contributed by atoms with E-state index in [-0.39, 0.29) is 30.7 Å². The van der Waals surface area contributed by atoms with Gasteiger partial charge in [0.05, 0.1) is 19.7 Å². The van der Waals surface area contributed by atoms with Gasteiger partial charge in [0, 0.05) is 12.2 Å². The van der Waals surface area contributed by atoms with E-state index < -0.39 is 5.97 Å². The van der Waals surface area contributed by atoms with Gasteiger partial charge >= 0.3 is 5.97 Å². The van der Waals surface area contributed by atoms with Crippen LogP contribution in [0.15, 0.2) is 48.5 Å². The molecule has 8 heteroatoms. The molecule has 2 amide bonds. The van der Waals surface area contributed by atoms with Gasteiger partial charge in [-0.05, 0) is 42.0 Å². The molecule has 0 aliphatic carbocycles. The molecule has 0 aliphatic rings. The second kappa shape index (κ2) is 10.2. The summed E-state index contributed by atoms with van der Waals surface area (Å²) in [5.41, 5.74) is 1.78. The van der Waals surface area contributed by atoms with Crippen LogP contribution in [0.25, 0.3) is 0 Å². The fraction of sp³-hybridized carbons (Fsp3) is 0.250. The summed E-state index contributed by atoms with van der Waals surface area (Å²) in [5, 5.41) is 5.43. The van der Waals surface area contributed by atoms with Gasteiger partial charge in [0.2, 0.25) is 0 Å². The van der Waals surface area contributed by atoms with Crippen molar-refractivity contribution in [3.05, 3.63) is 65.5 Å². The van der Waals surface area contributed by atoms with E-state index in [1.807, 2.05) is 0 Å². The molecule has 0 aromatic heterocycles. The Balaban J connectivity index is 1.73. The van der Waals surface area contributed by atoms with Crippen molar-refractivity contribution in [2.75, 3.05) is 32.6 Å². The summed E-state index contributed by atoms with van der Waals surface area (Å²) < 4.78 is 17.5. The minimum absolute atomic E-state index is 0.0959. The molecule has 0 radical (unpaired) electrons. The van der Waals surface area contributed by atoms with Crippen molar-refractivity contribution in [3.8, 4) is 0 Å². The molecule has 0 saturated carbocycles. The van der Waals surface area contributed by atoms with E-state index in [2.05, 4.69) is 15.4 Å². The van der Waals surface area contributed by atoms with Gasteiger partial charge in [-0.1, -0.05) is 12.1 Å². The highest BCUT2D eigenvalue weighted by atomic mass is 19.1. The number of benzene rings is 2. The van der Waals surface area contributed by atoms with Crippen LogP contribution < -0.4 is 15.5 Å². The molecular formula is C20H23FN3O4+. The number of rotatable bonds is 8. The number of carbonyl (C=O) groups excluding carboxylic acids is 3. The van der Waals surface area contributed by atoms with E-state index in [1.165, 1.54) is 31.4 Å². The Morgan fingerprint density at radius 2 is 1.57 bits per heavy atom. The quantitative estimate of drug-likeness (QED) is 0.571. The third kappa shape index (κ3) is 6.81. The predicted octanol–water partition coefficient (Wildman–Crippen LogP) is 0.382. The fourth-order valence-corrected chi connectivity index (χ4v) is 2.49. The molecule has 2 aromatic carbocycles. The second-order valence-electron chi connectivity index (χ2n) is 6.33. The number of carbonyl (C=O) groups is 3. The molecule has 3 N–H and O–H groups in total. The first kappa shape index (κ1) is 21.0. The summed E-state index contributed by atoms with van der Waals surface area (Å²) >= 11 is 0. The van der Waals surface area contributed by atoms with E-state index in [0.29, 0.717) is 22.7 Å². The van der Waals surface area contributed by atoms with Crippen molar-refractivity contribution < 1.29 is 28.4 Å². The van der Waals surface area contributed by atoms with E-state index in [4.69, 9.17) is 0 Å². The lowest BCUT2D eigenvalue weighted by Gasteiger charge is -2.14. The number of hydrogen-bond donors (Lipinski definition) is 3. The summed E-state index contributed by atoms with van der Waals surface area (Å²) in [7, 11) is 3.05. The highest BCUT2D eigenvalue weighted by Crippen LogP contribution is 2.07. The molecule has 28 heavy (non-hydrogen) atoms. The summed E-state index contributed by atoms with van der Waals surface area (Å²) in [5.74, 6) is -1.27. The first-order valence-corrected chi connectivity index (χ1v) is 8.68. The number of ether oxygens (including phenoxy) is 1. The Kier molecular flexibility index (Phi) is 7.65. The van der Waals surface area contributed by atoms with Crippen LogP contribution in [0, 0.1) is 5.82 Å². The highest BCUT2D eigenvalue weighted by Gasteiger charge is 2.14. The van der Waals surface area contributed by atoms with Gasteiger partial charge in [-0.25, -0.2) is 9.18 Å². The average molecular weight is 388 g/mol. The third-order valence-corrected chi connectivity index (χ3v) is 3.92. The number of quaternary nitrogens is 1. The molecule has 0 fully saturated rings. The second-order valence-corrected chi connectivity index (χ2v) is 6.33. The minimum Gasteiger partial charge on any atom is -0.465 e. The van der Waals surface area contributed by atoms with Gasteiger partial charge in [0.25, 0.3) is 11.8 Å². The molecular weight excluding hydrogens is 365 g/mol. The molecule has 0 bridgehead atoms. The lowest BCUT2D eigenvalue weighted by molar-refractivity contribution is -0.862. The molecule has 0 aliphatic heterocycles. The van der Waals surface area contributed by atoms with Crippen molar-refractivity contribution in [1.29, 1.82) is 0 Å². The zero-order valence-electron chi connectivity index (χ0n) is 15.8. The summed E-state index contributed by atoms with van der Waals surface area (Å²) in [6, 6.07) is 12.2. The molecule has 1 unspecified atom stereocenters. The molecule has 2 aromatic rings. The number of halogens is 1. The first-order valence-electron chi connectivity index (χ1n) is 8.68. The van der Waals surface area contributed by atoms with E-state index in [0.717, 1.165) is 5.56 Å². The van der Waals surface area contributed by atoms with E-state index >= 15 is 0 Å². The molecule has 0 heterocycles. The number of hydrogen-bond acceptors (Lipinski definition) is 4. The Morgan fingerprint density at radius 1 is 0.964 bits per heavy atom. The van der Waals surface area contributed by atoms with Crippen LogP contribution in [0.2, 0.25) is 0 Å². The molecule has 1 atom stereocenters. The van der Waals surface area contributed by atoms with Crippen LogP contribution in [0.5, 0.6) is 0 Å². The number of amides is 2. The van der Waals surface area contributed by atoms with Crippen LogP contribution in [-0.2, 0) is 20.9 Å². The Hall–Kier alpha value is -3.26. The minimum atomic E-state index is -0.417. The summed E-state index contributed by atoms with van der Waals surface area (Å²) in [4.78, 5) is 36.1.